The van der Waals surface area contributed by atoms with Crippen LogP contribution < -0.4 is 14.9 Å². The molecule has 6 nitrogen and oxygen atoms in total. The molecule has 0 amide bonds. The maximum atomic E-state index is 13.4. The monoisotopic (exact) mass is 478 g/mol. The van der Waals surface area contributed by atoms with Crippen molar-refractivity contribution in [2.45, 2.75) is 32.1 Å². The summed E-state index contributed by atoms with van der Waals surface area (Å²) in [6.45, 7) is 4.24. The zero-order chi connectivity index (χ0) is 25.0. The van der Waals surface area contributed by atoms with E-state index in [1.165, 1.54) is 11.8 Å². The molecule has 0 saturated heterocycles. The summed E-state index contributed by atoms with van der Waals surface area (Å²) >= 11 is 0. The molecule has 3 heterocycles. The quantitative estimate of drug-likeness (QED) is 0.205. The number of carbonyl (C=O) groups is 2. The minimum Gasteiger partial charge on any atom is -0.464 e. The molecule has 36 heavy (non-hydrogen) atoms. The predicted molar refractivity (Wildman–Crippen MR) is 134 cm³/mol. The lowest BCUT2D eigenvalue weighted by atomic mass is 9.85. The zero-order valence-electron chi connectivity index (χ0n) is 19.7. The number of hydrogen-bond acceptors (Lipinski definition) is 6. The smallest absolute Gasteiger partial charge is 0.312 e. The maximum Gasteiger partial charge on any atom is 0.312 e. The summed E-state index contributed by atoms with van der Waals surface area (Å²) in [5.41, 5.74) is 3.45. The van der Waals surface area contributed by atoms with Crippen LogP contribution in [0.4, 0.5) is 0 Å². The molecule has 1 atom stereocenters. The van der Waals surface area contributed by atoms with E-state index >= 15 is 0 Å². The summed E-state index contributed by atoms with van der Waals surface area (Å²) in [7, 11) is 0. The largest absolute Gasteiger partial charge is 0.464 e. The Bertz CT molecular complexity index is 1640. The van der Waals surface area contributed by atoms with Crippen molar-refractivity contribution in [3.63, 3.8) is 0 Å². The lowest BCUT2D eigenvalue weighted by Gasteiger charge is -2.25. The van der Waals surface area contributed by atoms with E-state index < -0.39 is 11.9 Å². The van der Waals surface area contributed by atoms with Gasteiger partial charge in [0.05, 0.1) is 23.6 Å². The lowest BCUT2D eigenvalue weighted by Crippen LogP contribution is -2.25. The third-order valence-corrected chi connectivity index (χ3v) is 6.76. The van der Waals surface area contributed by atoms with E-state index in [0.717, 1.165) is 5.56 Å². The fourth-order valence-corrected chi connectivity index (χ4v) is 4.83. The van der Waals surface area contributed by atoms with E-state index in [9.17, 15) is 14.4 Å². The molecular formula is C30H22O6. The number of carbonyl (C=O) groups excluding carboxylic acids is 2. The third-order valence-electron chi connectivity index (χ3n) is 6.76. The molecule has 6 heteroatoms. The van der Waals surface area contributed by atoms with Crippen molar-refractivity contribution in [3.8, 4) is 11.5 Å². The highest BCUT2D eigenvalue weighted by Gasteiger charge is 2.39. The molecule has 2 aliphatic rings. The summed E-state index contributed by atoms with van der Waals surface area (Å²) in [5.74, 6) is -0.233. The van der Waals surface area contributed by atoms with Gasteiger partial charge in [0.25, 0.3) is 0 Å². The minimum atomic E-state index is -0.672. The normalized spacial score (nSPS) is 17.8. The highest BCUT2D eigenvalue weighted by molar-refractivity contribution is 6.15. The van der Waals surface area contributed by atoms with Crippen LogP contribution in [0.2, 0.25) is 0 Å². The van der Waals surface area contributed by atoms with Gasteiger partial charge in [-0.2, -0.15) is 0 Å². The van der Waals surface area contributed by atoms with Gasteiger partial charge in [-0.1, -0.05) is 50.2 Å². The van der Waals surface area contributed by atoms with Crippen LogP contribution in [0.5, 0.6) is 11.5 Å². The first kappa shape index (κ1) is 22.0. The van der Waals surface area contributed by atoms with Crippen molar-refractivity contribution in [3.05, 3.63) is 111 Å². The molecule has 2 aliphatic heterocycles. The Kier molecular flexibility index (Phi) is 5.11. The van der Waals surface area contributed by atoms with Gasteiger partial charge in [0.1, 0.15) is 17.1 Å². The second-order valence-electron chi connectivity index (χ2n) is 9.36. The Balaban J connectivity index is 1.45. The molecule has 0 saturated carbocycles. The standard InChI is InChI=1S/C30H22O6/c1-16(2)18-9-7-17(8-10-18)13-25-29(33)20-11-12-24-27(30(20)36-25)21(14-26(31)35-24)22-15-34-23-6-4-3-5-19(23)28(22)32/h3-13,15-16,21H,14H2,1-2H3/b25-13-. The Labute approximate surface area is 206 Å². The Morgan fingerprint density at radius 1 is 0.917 bits per heavy atom. The zero-order valence-corrected chi connectivity index (χ0v) is 19.7. The van der Waals surface area contributed by atoms with Gasteiger partial charge >= 0.3 is 5.97 Å². The first-order chi connectivity index (χ1) is 17.4. The van der Waals surface area contributed by atoms with Gasteiger partial charge in [-0.05, 0) is 47.4 Å². The molecule has 178 valence electrons. The van der Waals surface area contributed by atoms with E-state index in [4.69, 9.17) is 13.9 Å². The van der Waals surface area contributed by atoms with E-state index in [1.54, 1.807) is 42.5 Å². The highest BCUT2D eigenvalue weighted by Crippen LogP contribution is 2.48. The molecule has 0 aliphatic carbocycles. The summed E-state index contributed by atoms with van der Waals surface area (Å²) in [6, 6.07) is 18.1. The number of esters is 1. The minimum absolute atomic E-state index is 0.0696. The Morgan fingerprint density at radius 3 is 2.47 bits per heavy atom. The number of ketones is 1. The molecule has 0 N–H and O–H groups in total. The molecule has 3 aromatic carbocycles. The van der Waals surface area contributed by atoms with Crippen LogP contribution in [0.15, 0.2) is 81.9 Å². The molecule has 0 bridgehead atoms. The number of hydrogen-bond donors (Lipinski definition) is 0. The van der Waals surface area contributed by atoms with Crippen LogP contribution >= 0.6 is 0 Å². The molecule has 0 radical (unpaired) electrons. The van der Waals surface area contributed by atoms with Crippen LogP contribution in [-0.4, -0.2) is 11.8 Å². The summed E-state index contributed by atoms with van der Waals surface area (Å²) < 4.78 is 17.3. The van der Waals surface area contributed by atoms with Crippen LogP contribution in [0.3, 0.4) is 0 Å². The summed E-state index contributed by atoms with van der Waals surface area (Å²) in [5, 5.41) is 0.422. The third kappa shape index (κ3) is 3.53. The van der Waals surface area contributed by atoms with Crippen molar-refractivity contribution in [2.75, 3.05) is 0 Å². The van der Waals surface area contributed by atoms with E-state index in [1.807, 2.05) is 24.3 Å². The van der Waals surface area contributed by atoms with Gasteiger partial charge in [-0.3, -0.25) is 14.4 Å². The van der Waals surface area contributed by atoms with Gasteiger partial charge in [0, 0.05) is 17.0 Å². The molecule has 6 rings (SSSR count). The van der Waals surface area contributed by atoms with E-state index in [2.05, 4.69) is 13.8 Å². The van der Waals surface area contributed by atoms with Gasteiger partial charge in [-0.15, -0.1) is 0 Å². The van der Waals surface area contributed by atoms with Gasteiger partial charge in [-0.25, -0.2) is 0 Å². The average Bonchev–Trinajstić information content (AvgIpc) is 3.19. The van der Waals surface area contributed by atoms with Gasteiger partial charge < -0.3 is 13.9 Å². The fraction of sp³-hybridized carbons (Fsp3) is 0.167. The molecule has 1 unspecified atom stereocenters. The van der Waals surface area contributed by atoms with Crippen molar-refractivity contribution >= 4 is 28.8 Å². The van der Waals surface area contributed by atoms with Crippen LogP contribution in [0.25, 0.3) is 17.0 Å². The number of fused-ring (bicyclic) bond motifs is 4. The van der Waals surface area contributed by atoms with Crippen molar-refractivity contribution < 1.29 is 23.5 Å². The summed E-state index contributed by atoms with van der Waals surface area (Å²) in [4.78, 5) is 39.0. The molecular weight excluding hydrogens is 456 g/mol. The number of allylic oxidation sites excluding steroid dienone is 1. The van der Waals surface area contributed by atoms with Gasteiger partial charge in [0.15, 0.2) is 11.2 Å². The van der Waals surface area contributed by atoms with Crippen LogP contribution in [-0.2, 0) is 4.79 Å². The molecule has 0 spiro atoms. The van der Waals surface area contributed by atoms with Crippen molar-refractivity contribution in [1.82, 2.24) is 0 Å². The van der Waals surface area contributed by atoms with Crippen molar-refractivity contribution in [1.29, 1.82) is 0 Å². The van der Waals surface area contributed by atoms with Crippen LogP contribution in [0, 0.1) is 0 Å². The average molecular weight is 479 g/mol. The number of benzene rings is 3. The maximum absolute atomic E-state index is 13.4. The topological polar surface area (TPSA) is 82.8 Å². The van der Waals surface area contributed by atoms with Crippen LogP contribution in [0.1, 0.15) is 64.7 Å². The Hall–Kier alpha value is -4.45. The predicted octanol–water partition coefficient (Wildman–Crippen LogP) is 5.97. The Morgan fingerprint density at radius 2 is 1.69 bits per heavy atom. The first-order valence-electron chi connectivity index (χ1n) is 11.8. The fourth-order valence-electron chi connectivity index (χ4n) is 4.83. The second kappa shape index (κ2) is 8.34. The van der Waals surface area contributed by atoms with Crippen molar-refractivity contribution in [2.24, 2.45) is 0 Å². The number of para-hydroxylation sites is 1. The number of Topliss-reactive ketones (excluding diaryl/α,β-unsaturated/α-hetero) is 1. The molecule has 4 aromatic rings. The second-order valence-corrected chi connectivity index (χ2v) is 9.36. The van der Waals surface area contributed by atoms with E-state index in [-0.39, 0.29) is 29.1 Å². The number of rotatable bonds is 3. The lowest BCUT2D eigenvalue weighted by molar-refractivity contribution is -0.135. The van der Waals surface area contributed by atoms with E-state index in [0.29, 0.717) is 39.3 Å². The van der Waals surface area contributed by atoms with Gasteiger partial charge in [0.2, 0.25) is 5.78 Å². The summed E-state index contributed by atoms with van der Waals surface area (Å²) in [6.07, 6.45) is 3.02. The SMILES string of the molecule is CC(C)c1ccc(/C=C2\Oc3c(ccc4c3C(c3coc5ccccc5c3=O)CC(=O)O4)C2=O)cc1. The first-order valence-corrected chi connectivity index (χ1v) is 11.8. The highest BCUT2D eigenvalue weighted by atomic mass is 16.5. The number of ether oxygens (including phenoxy) is 2. The molecule has 1 aromatic heterocycles. The molecule has 0 fully saturated rings.